The quantitative estimate of drug-likeness (QED) is 0.587. The molecule has 0 N–H and O–H groups in total. The third-order valence-electron chi connectivity index (χ3n) is 1.00. The van der Waals surface area contributed by atoms with Gasteiger partial charge in [-0.05, 0) is 6.92 Å². The molecule has 9 heavy (non-hydrogen) atoms. The Morgan fingerprint density at radius 3 is 2.78 bits per heavy atom. The molecule has 1 heterocycles. The normalized spacial score (nSPS) is 9.56. The van der Waals surface area contributed by atoms with E-state index in [-0.39, 0.29) is 0 Å². The average Bonchev–Trinajstić information content (AvgIpc) is 2.13. The van der Waals surface area contributed by atoms with Gasteiger partial charge in [-0.25, -0.2) is 4.98 Å². The van der Waals surface area contributed by atoms with Crippen LogP contribution in [0.15, 0.2) is 19.1 Å². The molecule has 0 aliphatic rings. The largest absolute Gasteiger partial charge is 0.295 e. The van der Waals surface area contributed by atoms with E-state index in [0.29, 0.717) is 5.15 Å². The standard InChI is InChI=1S/C6H7ClN2/c1-5(2)9-4-8-3-6(9)7/h3-4H,1H2,2H3. The molecule has 3 heteroatoms. The molecule has 0 spiro atoms. The van der Waals surface area contributed by atoms with Crippen LogP contribution in [0.2, 0.25) is 5.15 Å². The first-order valence-corrected chi connectivity index (χ1v) is 2.93. The number of nitrogens with zero attached hydrogens (tertiary/aromatic N) is 2. The van der Waals surface area contributed by atoms with Crippen molar-refractivity contribution in [1.29, 1.82) is 0 Å². The van der Waals surface area contributed by atoms with Crippen LogP contribution < -0.4 is 0 Å². The number of hydrogen-bond donors (Lipinski definition) is 0. The fourth-order valence-corrected chi connectivity index (χ4v) is 0.804. The second kappa shape index (κ2) is 2.23. The van der Waals surface area contributed by atoms with Crippen LogP contribution in [0.25, 0.3) is 5.70 Å². The van der Waals surface area contributed by atoms with Crippen molar-refractivity contribution in [3.05, 3.63) is 24.3 Å². The number of rotatable bonds is 1. The summed E-state index contributed by atoms with van der Waals surface area (Å²) in [5.41, 5.74) is 0.873. The molecule has 0 radical (unpaired) electrons. The minimum Gasteiger partial charge on any atom is -0.295 e. The van der Waals surface area contributed by atoms with Crippen molar-refractivity contribution in [2.24, 2.45) is 0 Å². The molecule has 0 aliphatic heterocycles. The average molecular weight is 143 g/mol. The highest BCUT2D eigenvalue weighted by Crippen LogP contribution is 2.10. The molecule has 48 valence electrons. The highest BCUT2D eigenvalue weighted by atomic mass is 35.5. The van der Waals surface area contributed by atoms with E-state index in [9.17, 15) is 0 Å². The van der Waals surface area contributed by atoms with Crippen LogP contribution in [0.3, 0.4) is 0 Å². The van der Waals surface area contributed by atoms with Gasteiger partial charge in [0, 0.05) is 5.70 Å². The van der Waals surface area contributed by atoms with E-state index in [1.807, 2.05) is 6.92 Å². The van der Waals surface area contributed by atoms with E-state index >= 15 is 0 Å². The van der Waals surface area contributed by atoms with Gasteiger partial charge in [0.25, 0.3) is 0 Å². The van der Waals surface area contributed by atoms with Crippen LogP contribution in [0.1, 0.15) is 6.92 Å². The molecule has 0 saturated heterocycles. The fourth-order valence-electron chi connectivity index (χ4n) is 0.560. The Balaban J connectivity index is 3.08. The number of aromatic nitrogens is 2. The van der Waals surface area contributed by atoms with E-state index in [1.165, 1.54) is 0 Å². The molecule has 0 atom stereocenters. The Morgan fingerprint density at radius 2 is 2.56 bits per heavy atom. The number of hydrogen-bond acceptors (Lipinski definition) is 1. The summed E-state index contributed by atoms with van der Waals surface area (Å²) in [6.45, 7) is 5.57. The minimum atomic E-state index is 0.600. The van der Waals surface area contributed by atoms with E-state index < -0.39 is 0 Å². The van der Waals surface area contributed by atoms with Crippen molar-refractivity contribution >= 4 is 17.3 Å². The summed E-state index contributed by atoms with van der Waals surface area (Å²) in [4.78, 5) is 3.81. The molecule has 0 amide bonds. The number of halogens is 1. The fraction of sp³-hybridized carbons (Fsp3) is 0.167. The van der Waals surface area contributed by atoms with E-state index in [1.54, 1.807) is 17.1 Å². The van der Waals surface area contributed by atoms with E-state index in [2.05, 4.69) is 11.6 Å². The van der Waals surface area contributed by atoms with Gasteiger partial charge < -0.3 is 0 Å². The van der Waals surface area contributed by atoms with Crippen LogP contribution in [-0.4, -0.2) is 9.55 Å². The van der Waals surface area contributed by atoms with Crippen LogP contribution >= 0.6 is 11.6 Å². The third kappa shape index (κ3) is 1.13. The van der Waals surface area contributed by atoms with Crippen molar-refractivity contribution in [3.63, 3.8) is 0 Å². The molecule has 2 nitrogen and oxygen atoms in total. The third-order valence-corrected chi connectivity index (χ3v) is 1.28. The van der Waals surface area contributed by atoms with Crippen molar-refractivity contribution in [2.45, 2.75) is 6.92 Å². The van der Waals surface area contributed by atoms with Gasteiger partial charge in [-0.2, -0.15) is 0 Å². The Kier molecular flexibility index (Phi) is 1.58. The smallest absolute Gasteiger partial charge is 0.132 e. The molecule has 1 aromatic heterocycles. The van der Waals surface area contributed by atoms with Crippen molar-refractivity contribution in [1.82, 2.24) is 9.55 Å². The topological polar surface area (TPSA) is 17.8 Å². The maximum atomic E-state index is 5.67. The first kappa shape index (κ1) is 6.36. The maximum absolute atomic E-state index is 5.67. The Morgan fingerprint density at radius 1 is 1.89 bits per heavy atom. The lowest BCUT2D eigenvalue weighted by Crippen LogP contribution is -1.87. The maximum Gasteiger partial charge on any atom is 0.132 e. The van der Waals surface area contributed by atoms with Gasteiger partial charge in [0.1, 0.15) is 11.5 Å². The van der Waals surface area contributed by atoms with Gasteiger partial charge in [0.05, 0.1) is 6.20 Å². The summed E-state index contributed by atoms with van der Waals surface area (Å²) in [6.07, 6.45) is 3.21. The van der Waals surface area contributed by atoms with Crippen LogP contribution in [0, 0.1) is 0 Å². The lowest BCUT2D eigenvalue weighted by atomic mass is 10.6. The van der Waals surface area contributed by atoms with E-state index in [4.69, 9.17) is 11.6 Å². The van der Waals surface area contributed by atoms with E-state index in [0.717, 1.165) is 5.70 Å². The zero-order valence-corrected chi connectivity index (χ0v) is 5.89. The van der Waals surface area contributed by atoms with Gasteiger partial charge in [0.15, 0.2) is 0 Å². The molecule has 0 aromatic carbocycles. The summed E-state index contributed by atoms with van der Waals surface area (Å²) in [5, 5.41) is 0.600. The molecular weight excluding hydrogens is 136 g/mol. The van der Waals surface area contributed by atoms with Crippen molar-refractivity contribution in [3.8, 4) is 0 Å². The molecule has 0 unspecified atom stereocenters. The minimum absolute atomic E-state index is 0.600. The highest BCUT2D eigenvalue weighted by Gasteiger charge is 1.95. The van der Waals surface area contributed by atoms with Crippen LogP contribution in [-0.2, 0) is 0 Å². The molecule has 1 aromatic rings. The molecule has 0 fully saturated rings. The van der Waals surface area contributed by atoms with Gasteiger partial charge in [-0.15, -0.1) is 0 Å². The lowest BCUT2D eigenvalue weighted by molar-refractivity contribution is 1.08. The highest BCUT2D eigenvalue weighted by molar-refractivity contribution is 6.29. The summed E-state index contributed by atoms with van der Waals surface area (Å²) in [6, 6.07) is 0. The Bertz CT molecular complexity index is 227. The molecule has 0 aliphatic carbocycles. The monoisotopic (exact) mass is 142 g/mol. The van der Waals surface area contributed by atoms with Gasteiger partial charge in [-0.1, -0.05) is 18.2 Å². The SMILES string of the molecule is C=C(C)n1cncc1Cl. The number of imidazole rings is 1. The molecule has 0 bridgehead atoms. The van der Waals surface area contributed by atoms with Crippen molar-refractivity contribution < 1.29 is 0 Å². The zero-order chi connectivity index (χ0) is 6.85. The van der Waals surface area contributed by atoms with Gasteiger partial charge in [0.2, 0.25) is 0 Å². The van der Waals surface area contributed by atoms with Gasteiger partial charge in [-0.3, -0.25) is 4.57 Å². The Hall–Kier alpha value is -0.760. The second-order valence-corrected chi connectivity index (χ2v) is 2.21. The molecule has 0 saturated carbocycles. The predicted molar refractivity (Wildman–Crippen MR) is 38.2 cm³/mol. The summed E-state index contributed by atoms with van der Waals surface area (Å²) >= 11 is 5.67. The number of allylic oxidation sites excluding steroid dienone is 1. The van der Waals surface area contributed by atoms with Gasteiger partial charge >= 0.3 is 0 Å². The lowest BCUT2D eigenvalue weighted by Gasteiger charge is -1.98. The molecule has 1 rings (SSSR count). The van der Waals surface area contributed by atoms with Crippen molar-refractivity contribution in [2.75, 3.05) is 0 Å². The first-order valence-electron chi connectivity index (χ1n) is 2.55. The zero-order valence-electron chi connectivity index (χ0n) is 5.13. The molecular formula is C6H7ClN2. The summed E-state index contributed by atoms with van der Waals surface area (Å²) < 4.78 is 1.71. The predicted octanol–water partition coefficient (Wildman–Crippen LogP) is 2.03. The second-order valence-electron chi connectivity index (χ2n) is 1.82. The van der Waals surface area contributed by atoms with Crippen LogP contribution in [0.5, 0.6) is 0 Å². The first-order chi connectivity index (χ1) is 4.22. The Labute approximate surface area is 58.8 Å². The summed E-state index contributed by atoms with van der Waals surface area (Å²) in [7, 11) is 0. The van der Waals surface area contributed by atoms with Crippen LogP contribution in [0.4, 0.5) is 0 Å². The summed E-state index contributed by atoms with van der Waals surface area (Å²) in [5.74, 6) is 0.